The van der Waals surface area contributed by atoms with Gasteiger partial charge in [-0.15, -0.1) is 0 Å². The summed E-state index contributed by atoms with van der Waals surface area (Å²) >= 11 is 0. The minimum absolute atomic E-state index is 0.0636. The number of piperidine rings is 1. The van der Waals surface area contributed by atoms with Crippen molar-refractivity contribution in [1.82, 2.24) is 15.5 Å². The third kappa shape index (κ3) is 3.42. The topological polar surface area (TPSA) is 44.4 Å². The Bertz CT molecular complexity index is 251. The van der Waals surface area contributed by atoms with Crippen molar-refractivity contribution in [2.45, 2.75) is 51.1 Å². The number of hydrogen-bond donors (Lipinski definition) is 2. The van der Waals surface area contributed by atoms with E-state index in [1.165, 1.54) is 25.8 Å². The van der Waals surface area contributed by atoms with E-state index in [1.54, 1.807) is 0 Å². The second kappa shape index (κ2) is 6.36. The standard InChI is InChI=1S/C13H25N3O/c1-2-16-9-4-3-6-11(16)10-15-13(17)12-7-5-8-14-12/h11-12,14H,2-10H2,1H3,(H,15,17)/t11?,12-/m0/s1. The molecule has 2 rings (SSSR count). The average molecular weight is 239 g/mol. The smallest absolute Gasteiger partial charge is 0.237 e. The van der Waals surface area contributed by atoms with Crippen LogP contribution in [0.3, 0.4) is 0 Å². The van der Waals surface area contributed by atoms with Gasteiger partial charge in [-0.2, -0.15) is 0 Å². The van der Waals surface area contributed by atoms with E-state index in [2.05, 4.69) is 22.5 Å². The van der Waals surface area contributed by atoms with Crippen molar-refractivity contribution in [3.05, 3.63) is 0 Å². The molecule has 1 amide bonds. The molecule has 0 aromatic rings. The molecule has 0 bridgehead atoms. The molecule has 0 radical (unpaired) electrons. The van der Waals surface area contributed by atoms with Crippen LogP contribution in [0.2, 0.25) is 0 Å². The first kappa shape index (κ1) is 12.8. The summed E-state index contributed by atoms with van der Waals surface area (Å²) in [5.74, 6) is 0.198. The van der Waals surface area contributed by atoms with Gasteiger partial charge in [0.05, 0.1) is 6.04 Å². The van der Waals surface area contributed by atoms with Crippen molar-refractivity contribution in [1.29, 1.82) is 0 Å². The summed E-state index contributed by atoms with van der Waals surface area (Å²) in [5, 5.41) is 6.36. The second-order valence-corrected chi connectivity index (χ2v) is 5.17. The normalized spacial score (nSPS) is 30.4. The van der Waals surface area contributed by atoms with Crippen LogP contribution in [0.5, 0.6) is 0 Å². The molecule has 2 N–H and O–H groups in total. The summed E-state index contributed by atoms with van der Waals surface area (Å²) in [6, 6.07) is 0.618. The Morgan fingerprint density at radius 3 is 2.94 bits per heavy atom. The van der Waals surface area contributed by atoms with Crippen LogP contribution in [0.4, 0.5) is 0 Å². The van der Waals surface area contributed by atoms with Gasteiger partial charge >= 0.3 is 0 Å². The quantitative estimate of drug-likeness (QED) is 0.760. The van der Waals surface area contributed by atoms with Gasteiger partial charge in [-0.1, -0.05) is 13.3 Å². The van der Waals surface area contributed by atoms with E-state index in [-0.39, 0.29) is 11.9 Å². The lowest BCUT2D eigenvalue weighted by atomic mass is 10.0. The fourth-order valence-electron chi connectivity index (χ4n) is 2.96. The molecular formula is C13H25N3O. The van der Waals surface area contributed by atoms with Crippen LogP contribution in [0.25, 0.3) is 0 Å². The number of amides is 1. The fraction of sp³-hybridized carbons (Fsp3) is 0.923. The van der Waals surface area contributed by atoms with Gasteiger partial charge < -0.3 is 10.6 Å². The third-order valence-corrected chi connectivity index (χ3v) is 4.04. The Labute approximate surface area is 104 Å². The summed E-state index contributed by atoms with van der Waals surface area (Å²) in [6.07, 6.45) is 5.96. The largest absolute Gasteiger partial charge is 0.353 e. The molecular weight excluding hydrogens is 214 g/mol. The van der Waals surface area contributed by atoms with Crippen LogP contribution in [-0.4, -0.2) is 49.1 Å². The van der Waals surface area contributed by atoms with E-state index in [0.717, 1.165) is 32.5 Å². The van der Waals surface area contributed by atoms with Gasteiger partial charge in [0, 0.05) is 12.6 Å². The van der Waals surface area contributed by atoms with Crippen molar-refractivity contribution in [2.24, 2.45) is 0 Å². The highest BCUT2D eigenvalue weighted by Crippen LogP contribution is 2.15. The summed E-state index contributed by atoms with van der Waals surface area (Å²) in [7, 11) is 0. The highest BCUT2D eigenvalue weighted by Gasteiger charge is 2.25. The number of likely N-dealkylation sites (N-methyl/N-ethyl adjacent to an activating group) is 1. The molecule has 2 saturated heterocycles. The maximum absolute atomic E-state index is 11.9. The van der Waals surface area contributed by atoms with E-state index in [4.69, 9.17) is 0 Å². The first-order valence-electron chi connectivity index (χ1n) is 7.06. The molecule has 0 spiro atoms. The Morgan fingerprint density at radius 1 is 1.35 bits per heavy atom. The molecule has 0 saturated carbocycles. The number of nitrogens with one attached hydrogen (secondary N) is 2. The summed E-state index contributed by atoms with van der Waals surface area (Å²) in [6.45, 7) is 6.31. The fourth-order valence-corrected chi connectivity index (χ4v) is 2.96. The molecule has 0 aromatic carbocycles. The highest BCUT2D eigenvalue weighted by molar-refractivity contribution is 5.82. The zero-order valence-electron chi connectivity index (χ0n) is 10.9. The van der Waals surface area contributed by atoms with Crippen molar-refractivity contribution in [3.8, 4) is 0 Å². The molecule has 17 heavy (non-hydrogen) atoms. The van der Waals surface area contributed by atoms with E-state index < -0.39 is 0 Å². The lowest BCUT2D eigenvalue weighted by molar-refractivity contribution is -0.123. The minimum atomic E-state index is 0.0636. The maximum atomic E-state index is 11.9. The molecule has 0 aromatic heterocycles. The lowest BCUT2D eigenvalue weighted by Crippen LogP contribution is -2.49. The van der Waals surface area contributed by atoms with Gasteiger partial charge in [0.25, 0.3) is 0 Å². The summed E-state index contributed by atoms with van der Waals surface area (Å²) < 4.78 is 0. The predicted octanol–water partition coefficient (Wildman–Crippen LogP) is 0.729. The van der Waals surface area contributed by atoms with Crippen LogP contribution < -0.4 is 10.6 Å². The number of nitrogens with zero attached hydrogens (tertiary/aromatic N) is 1. The lowest BCUT2D eigenvalue weighted by Gasteiger charge is -2.35. The van der Waals surface area contributed by atoms with Crippen LogP contribution >= 0.6 is 0 Å². The van der Waals surface area contributed by atoms with Gasteiger partial charge in [0.2, 0.25) is 5.91 Å². The molecule has 1 unspecified atom stereocenters. The van der Waals surface area contributed by atoms with Crippen molar-refractivity contribution >= 4 is 5.91 Å². The average Bonchev–Trinajstić information content (AvgIpc) is 2.90. The summed E-state index contributed by atoms with van der Waals surface area (Å²) in [4.78, 5) is 14.4. The van der Waals surface area contributed by atoms with Gasteiger partial charge in [-0.3, -0.25) is 9.69 Å². The monoisotopic (exact) mass is 239 g/mol. The first-order chi connectivity index (χ1) is 8.31. The van der Waals surface area contributed by atoms with Crippen LogP contribution in [-0.2, 0) is 4.79 Å². The van der Waals surface area contributed by atoms with E-state index >= 15 is 0 Å². The van der Waals surface area contributed by atoms with Gasteiger partial charge in [0.15, 0.2) is 0 Å². The molecule has 4 nitrogen and oxygen atoms in total. The maximum Gasteiger partial charge on any atom is 0.237 e. The van der Waals surface area contributed by atoms with Gasteiger partial charge in [-0.05, 0) is 45.3 Å². The van der Waals surface area contributed by atoms with Gasteiger partial charge in [0.1, 0.15) is 0 Å². The third-order valence-electron chi connectivity index (χ3n) is 4.04. The molecule has 4 heteroatoms. The van der Waals surface area contributed by atoms with Crippen LogP contribution in [0, 0.1) is 0 Å². The molecule has 2 aliphatic rings. The number of carbonyl (C=O) groups is 1. The van der Waals surface area contributed by atoms with Crippen LogP contribution in [0.15, 0.2) is 0 Å². The Hall–Kier alpha value is -0.610. The molecule has 98 valence electrons. The van der Waals surface area contributed by atoms with Gasteiger partial charge in [-0.25, -0.2) is 0 Å². The number of hydrogen-bond acceptors (Lipinski definition) is 3. The van der Waals surface area contributed by atoms with Crippen molar-refractivity contribution in [2.75, 3.05) is 26.2 Å². The predicted molar refractivity (Wildman–Crippen MR) is 68.9 cm³/mol. The summed E-state index contributed by atoms with van der Waals surface area (Å²) in [5.41, 5.74) is 0. The zero-order chi connectivity index (χ0) is 12.1. The highest BCUT2D eigenvalue weighted by atomic mass is 16.2. The number of likely N-dealkylation sites (tertiary alicyclic amines) is 1. The first-order valence-corrected chi connectivity index (χ1v) is 7.06. The van der Waals surface area contributed by atoms with Crippen molar-refractivity contribution < 1.29 is 4.79 Å². The zero-order valence-corrected chi connectivity index (χ0v) is 10.9. The van der Waals surface area contributed by atoms with E-state index in [9.17, 15) is 4.79 Å². The Balaban J connectivity index is 1.74. The molecule has 0 aliphatic carbocycles. The van der Waals surface area contributed by atoms with Crippen molar-refractivity contribution in [3.63, 3.8) is 0 Å². The molecule has 2 aliphatic heterocycles. The van der Waals surface area contributed by atoms with E-state index in [0.29, 0.717) is 6.04 Å². The molecule has 2 heterocycles. The second-order valence-electron chi connectivity index (χ2n) is 5.17. The molecule has 2 fully saturated rings. The Morgan fingerprint density at radius 2 is 2.24 bits per heavy atom. The minimum Gasteiger partial charge on any atom is -0.353 e. The van der Waals surface area contributed by atoms with Crippen LogP contribution in [0.1, 0.15) is 39.0 Å². The number of carbonyl (C=O) groups excluding carboxylic acids is 1. The molecule has 2 atom stereocenters. The Kier molecular flexibility index (Phi) is 4.80. The van der Waals surface area contributed by atoms with E-state index in [1.807, 2.05) is 0 Å². The SMILES string of the molecule is CCN1CCCCC1CNC(=O)[C@@H]1CCCN1. The number of rotatable bonds is 4.